The van der Waals surface area contributed by atoms with Crippen LogP contribution in [0, 0.1) is 0 Å². The van der Waals surface area contributed by atoms with Gasteiger partial charge < -0.3 is 10.4 Å². The monoisotopic (exact) mass is 253 g/mol. The molecule has 1 aliphatic heterocycles. The minimum absolute atomic E-state index is 0.206. The minimum atomic E-state index is -0.891. The molecular weight excluding hydrogens is 238 g/mol. The summed E-state index contributed by atoms with van der Waals surface area (Å²) in [6.45, 7) is 4.24. The van der Waals surface area contributed by atoms with Crippen molar-refractivity contribution >= 4 is 17.3 Å². The predicted molar refractivity (Wildman–Crippen MR) is 75.3 cm³/mol. The number of rotatable bonds is 1. The van der Waals surface area contributed by atoms with Gasteiger partial charge in [0, 0.05) is 16.8 Å². The number of carboxylic acids is 1. The standard InChI is InChI=1S/C16H15NO2/c1-16(2)11-5-3-4-6-13(11)17-14-8-7-10(15(18)19)9-12(14)16/h3-9,17H,1-2H3,(H,18,19). The van der Waals surface area contributed by atoms with Gasteiger partial charge in [-0.1, -0.05) is 32.0 Å². The Hall–Kier alpha value is -2.29. The first-order valence-electron chi connectivity index (χ1n) is 6.24. The Morgan fingerprint density at radius 2 is 1.74 bits per heavy atom. The lowest BCUT2D eigenvalue weighted by molar-refractivity contribution is 0.0697. The number of carboxylic acid groups (broad SMARTS) is 1. The number of anilines is 2. The molecule has 0 aromatic heterocycles. The largest absolute Gasteiger partial charge is 0.478 e. The first kappa shape index (κ1) is 11.8. The molecule has 0 amide bonds. The highest BCUT2D eigenvalue weighted by Crippen LogP contribution is 2.45. The van der Waals surface area contributed by atoms with Crippen LogP contribution in [0.3, 0.4) is 0 Å². The molecular formula is C16H15NO2. The third kappa shape index (κ3) is 1.70. The summed E-state index contributed by atoms with van der Waals surface area (Å²) in [6, 6.07) is 13.4. The van der Waals surface area contributed by atoms with E-state index in [2.05, 4.69) is 25.2 Å². The summed E-state index contributed by atoms with van der Waals surface area (Å²) >= 11 is 0. The summed E-state index contributed by atoms with van der Waals surface area (Å²) in [7, 11) is 0. The maximum atomic E-state index is 11.1. The van der Waals surface area contributed by atoms with Gasteiger partial charge in [0.1, 0.15) is 0 Å². The van der Waals surface area contributed by atoms with E-state index in [1.807, 2.05) is 24.3 Å². The quantitative estimate of drug-likeness (QED) is 0.813. The van der Waals surface area contributed by atoms with Crippen molar-refractivity contribution in [2.24, 2.45) is 0 Å². The van der Waals surface area contributed by atoms with E-state index in [1.165, 1.54) is 5.56 Å². The van der Waals surface area contributed by atoms with Crippen molar-refractivity contribution in [1.29, 1.82) is 0 Å². The number of carbonyl (C=O) groups is 1. The third-order valence-corrected chi connectivity index (χ3v) is 3.81. The molecule has 1 heterocycles. The molecule has 2 aromatic rings. The zero-order valence-electron chi connectivity index (χ0n) is 10.9. The molecule has 0 bridgehead atoms. The number of nitrogens with one attached hydrogen (secondary N) is 1. The number of aromatic carboxylic acids is 1. The van der Waals surface area contributed by atoms with Gasteiger partial charge in [0.05, 0.1) is 5.56 Å². The van der Waals surface area contributed by atoms with Gasteiger partial charge in [0.2, 0.25) is 0 Å². The zero-order chi connectivity index (χ0) is 13.6. The lowest BCUT2D eigenvalue weighted by atomic mass is 9.74. The van der Waals surface area contributed by atoms with Gasteiger partial charge in [-0.2, -0.15) is 0 Å². The van der Waals surface area contributed by atoms with E-state index in [-0.39, 0.29) is 5.41 Å². The Labute approximate surface area is 111 Å². The highest BCUT2D eigenvalue weighted by Gasteiger charge is 2.32. The van der Waals surface area contributed by atoms with Crippen LogP contribution in [0.15, 0.2) is 42.5 Å². The molecule has 0 aliphatic carbocycles. The van der Waals surface area contributed by atoms with Crippen molar-refractivity contribution < 1.29 is 9.90 Å². The second-order valence-electron chi connectivity index (χ2n) is 5.36. The van der Waals surface area contributed by atoms with Gasteiger partial charge >= 0.3 is 5.97 Å². The van der Waals surface area contributed by atoms with E-state index in [4.69, 9.17) is 5.11 Å². The van der Waals surface area contributed by atoms with E-state index >= 15 is 0 Å². The smallest absolute Gasteiger partial charge is 0.335 e. The molecule has 0 radical (unpaired) electrons. The summed E-state index contributed by atoms with van der Waals surface area (Å²) in [5.74, 6) is -0.891. The van der Waals surface area contributed by atoms with Crippen molar-refractivity contribution in [3.05, 3.63) is 59.2 Å². The molecule has 0 fully saturated rings. The second-order valence-corrected chi connectivity index (χ2v) is 5.36. The van der Waals surface area contributed by atoms with Crippen LogP contribution in [0.4, 0.5) is 11.4 Å². The number of hydrogen-bond acceptors (Lipinski definition) is 2. The van der Waals surface area contributed by atoms with Crippen molar-refractivity contribution in [1.82, 2.24) is 0 Å². The van der Waals surface area contributed by atoms with Gasteiger partial charge in [-0.3, -0.25) is 0 Å². The maximum absolute atomic E-state index is 11.1. The number of hydrogen-bond donors (Lipinski definition) is 2. The van der Waals surface area contributed by atoms with Crippen molar-refractivity contribution in [3.8, 4) is 0 Å². The molecule has 3 heteroatoms. The molecule has 2 N–H and O–H groups in total. The average molecular weight is 253 g/mol. The van der Waals surface area contributed by atoms with Gasteiger partial charge in [0.25, 0.3) is 0 Å². The Morgan fingerprint density at radius 1 is 1.05 bits per heavy atom. The van der Waals surface area contributed by atoms with Crippen LogP contribution in [0.5, 0.6) is 0 Å². The minimum Gasteiger partial charge on any atom is -0.478 e. The molecule has 3 rings (SSSR count). The maximum Gasteiger partial charge on any atom is 0.335 e. The Balaban J connectivity index is 2.23. The van der Waals surface area contributed by atoms with E-state index in [1.54, 1.807) is 12.1 Å². The summed E-state index contributed by atoms with van der Waals surface area (Å²) < 4.78 is 0. The third-order valence-electron chi connectivity index (χ3n) is 3.81. The Morgan fingerprint density at radius 3 is 2.47 bits per heavy atom. The average Bonchev–Trinajstić information content (AvgIpc) is 2.38. The lowest BCUT2D eigenvalue weighted by Crippen LogP contribution is -2.26. The van der Waals surface area contributed by atoms with Gasteiger partial charge in [-0.25, -0.2) is 4.79 Å². The fourth-order valence-corrected chi connectivity index (χ4v) is 2.73. The van der Waals surface area contributed by atoms with Crippen LogP contribution in [0.2, 0.25) is 0 Å². The normalized spacial score (nSPS) is 15.1. The van der Waals surface area contributed by atoms with E-state index in [0.717, 1.165) is 16.9 Å². The van der Waals surface area contributed by atoms with Crippen LogP contribution in [0.1, 0.15) is 35.3 Å². The SMILES string of the molecule is CC1(C)c2ccccc2Nc2ccc(C(=O)O)cc21. The van der Waals surface area contributed by atoms with Crippen LogP contribution in [-0.4, -0.2) is 11.1 Å². The lowest BCUT2D eigenvalue weighted by Gasteiger charge is -2.35. The first-order chi connectivity index (χ1) is 9.00. The fourth-order valence-electron chi connectivity index (χ4n) is 2.73. The van der Waals surface area contributed by atoms with E-state index in [0.29, 0.717) is 5.56 Å². The summed E-state index contributed by atoms with van der Waals surface area (Å²) in [5, 5.41) is 12.5. The van der Waals surface area contributed by atoms with Gasteiger partial charge in [-0.05, 0) is 35.4 Å². The first-order valence-corrected chi connectivity index (χ1v) is 6.24. The van der Waals surface area contributed by atoms with Gasteiger partial charge in [-0.15, -0.1) is 0 Å². The topological polar surface area (TPSA) is 49.3 Å². The Kier molecular flexibility index (Phi) is 2.39. The molecule has 0 saturated heterocycles. The molecule has 3 nitrogen and oxygen atoms in total. The zero-order valence-corrected chi connectivity index (χ0v) is 10.9. The molecule has 0 atom stereocenters. The predicted octanol–water partition coefficient (Wildman–Crippen LogP) is 3.77. The molecule has 19 heavy (non-hydrogen) atoms. The van der Waals surface area contributed by atoms with E-state index < -0.39 is 5.97 Å². The van der Waals surface area contributed by atoms with Gasteiger partial charge in [0.15, 0.2) is 0 Å². The van der Waals surface area contributed by atoms with E-state index in [9.17, 15) is 4.79 Å². The molecule has 0 spiro atoms. The summed E-state index contributed by atoms with van der Waals surface area (Å²) in [5.41, 5.74) is 4.39. The highest BCUT2D eigenvalue weighted by molar-refractivity contribution is 5.90. The molecule has 96 valence electrons. The molecule has 2 aromatic carbocycles. The van der Waals surface area contributed by atoms with Crippen LogP contribution in [-0.2, 0) is 5.41 Å². The highest BCUT2D eigenvalue weighted by atomic mass is 16.4. The van der Waals surface area contributed by atoms with Crippen molar-refractivity contribution in [3.63, 3.8) is 0 Å². The number of benzene rings is 2. The van der Waals surface area contributed by atoms with Crippen molar-refractivity contribution in [2.45, 2.75) is 19.3 Å². The summed E-state index contributed by atoms with van der Waals surface area (Å²) in [6.07, 6.45) is 0. The number of fused-ring (bicyclic) bond motifs is 2. The molecule has 1 aliphatic rings. The Bertz CT molecular complexity index is 674. The molecule has 0 saturated carbocycles. The van der Waals surface area contributed by atoms with Crippen LogP contribution < -0.4 is 5.32 Å². The molecule has 0 unspecified atom stereocenters. The summed E-state index contributed by atoms with van der Waals surface area (Å²) in [4.78, 5) is 11.1. The fraction of sp³-hybridized carbons (Fsp3) is 0.188. The second kappa shape index (κ2) is 3.85. The van der Waals surface area contributed by atoms with Crippen LogP contribution in [0.25, 0.3) is 0 Å². The van der Waals surface area contributed by atoms with Crippen molar-refractivity contribution in [2.75, 3.05) is 5.32 Å². The number of para-hydroxylation sites is 1. The van der Waals surface area contributed by atoms with Crippen LogP contribution >= 0.6 is 0 Å².